The van der Waals surface area contributed by atoms with Gasteiger partial charge in [0.05, 0.1) is 0 Å². The summed E-state index contributed by atoms with van der Waals surface area (Å²) < 4.78 is 12.5. The molecule has 0 radical (unpaired) electrons. The zero-order valence-corrected chi connectivity index (χ0v) is 6.68. The maximum Gasteiger partial charge on any atom is 0.108 e. The van der Waals surface area contributed by atoms with Gasteiger partial charge in [0.1, 0.15) is 6.17 Å². The lowest BCUT2D eigenvalue weighted by Gasteiger charge is -1.96. The summed E-state index contributed by atoms with van der Waals surface area (Å²) in [6.07, 6.45) is 0.0360. The van der Waals surface area contributed by atoms with E-state index in [0.717, 1.165) is 5.56 Å². The van der Waals surface area contributed by atoms with E-state index in [4.69, 9.17) is 11.6 Å². The monoisotopic (exact) mass is 170 g/mol. The predicted octanol–water partition coefficient (Wildman–Crippen LogP) is 3.17. The number of hydrogen-bond donors (Lipinski definition) is 0. The van der Waals surface area contributed by atoms with Gasteiger partial charge < -0.3 is 0 Å². The molecule has 1 aliphatic rings. The second-order valence-electron chi connectivity index (χ2n) is 2.91. The van der Waals surface area contributed by atoms with Crippen LogP contribution in [0.25, 0.3) is 0 Å². The molecule has 58 valence electrons. The van der Waals surface area contributed by atoms with Crippen LogP contribution < -0.4 is 0 Å². The molecular formula is C9H8ClF. The molecule has 0 bridgehead atoms. The summed E-state index contributed by atoms with van der Waals surface area (Å²) in [4.78, 5) is 0. The van der Waals surface area contributed by atoms with Gasteiger partial charge in [-0.3, -0.25) is 0 Å². The van der Waals surface area contributed by atoms with Crippen molar-refractivity contribution in [3.8, 4) is 0 Å². The predicted molar refractivity (Wildman–Crippen MR) is 43.7 cm³/mol. The summed E-state index contributed by atoms with van der Waals surface area (Å²) in [5.41, 5.74) is 1.03. The summed E-state index contributed by atoms with van der Waals surface area (Å²) in [5, 5.41) is 0.696. The van der Waals surface area contributed by atoms with E-state index in [1.54, 1.807) is 6.07 Å². The van der Waals surface area contributed by atoms with Crippen LogP contribution in [-0.2, 0) is 0 Å². The third-order valence-electron chi connectivity index (χ3n) is 1.99. The van der Waals surface area contributed by atoms with Gasteiger partial charge in [-0.05, 0) is 24.1 Å². The van der Waals surface area contributed by atoms with E-state index >= 15 is 0 Å². The van der Waals surface area contributed by atoms with Gasteiger partial charge in [-0.25, -0.2) is 4.39 Å². The van der Waals surface area contributed by atoms with Crippen LogP contribution in [0.3, 0.4) is 0 Å². The van der Waals surface area contributed by atoms with Gasteiger partial charge in [-0.15, -0.1) is 0 Å². The first-order chi connectivity index (χ1) is 5.27. The lowest BCUT2D eigenvalue weighted by molar-refractivity contribution is 0.468. The van der Waals surface area contributed by atoms with Crippen molar-refractivity contribution < 1.29 is 4.39 Å². The Balaban J connectivity index is 2.25. The first-order valence-electron chi connectivity index (χ1n) is 3.67. The van der Waals surface area contributed by atoms with Gasteiger partial charge in [-0.1, -0.05) is 23.7 Å². The van der Waals surface area contributed by atoms with Crippen LogP contribution in [0, 0.1) is 0 Å². The van der Waals surface area contributed by atoms with Crippen LogP contribution in [0.1, 0.15) is 17.9 Å². The third kappa shape index (κ3) is 1.38. The summed E-state index contributed by atoms with van der Waals surface area (Å²) in [5.74, 6) is 0.119. The molecule has 0 nitrogen and oxygen atoms in total. The number of alkyl halides is 1. The Kier molecular flexibility index (Phi) is 1.61. The molecule has 0 amide bonds. The van der Waals surface area contributed by atoms with Gasteiger partial charge in [0.25, 0.3) is 0 Å². The molecule has 1 aromatic carbocycles. The average molecular weight is 171 g/mol. The fourth-order valence-electron chi connectivity index (χ4n) is 1.25. The van der Waals surface area contributed by atoms with Gasteiger partial charge in [0, 0.05) is 10.9 Å². The topological polar surface area (TPSA) is 0 Å². The van der Waals surface area contributed by atoms with E-state index in [0.29, 0.717) is 11.4 Å². The van der Waals surface area contributed by atoms with E-state index in [1.165, 1.54) is 0 Å². The van der Waals surface area contributed by atoms with E-state index in [1.807, 2.05) is 18.2 Å². The largest absolute Gasteiger partial charge is 0.247 e. The molecule has 0 aliphatic heterocycles. The Morgan fingerprint density at radius 2 is 2.18 bits per heavy atom. The SMILES string of the molecule is F[C@@H]1C[C@H]1c1cccc(Cl)c1. The zero-order chi connectivity index (χ0) is 7.84. The second kappa shape index (κ2) is 2.49. The Labute approximate surface area is 70.0 Å². The van der Waals surface area contributed by atoms with Crippen molar-refractivity contribution in [3.63, 3.8) is 0 Å². The van der Waals surface area contributed by atoms with Crippen LogP contribution in [-0.4, -0.2) is 6.17 Å². The molecule has 0 saturated heterocycles. The van der Waals surface area contributed by atoms with E-state index in [9.17, 15) is 4.39 Å². The molecule has 11 heavy (non-hydrogen) atoms. The van der Waals surface area contributed by atoms with Gasteiger partial charge in [0.15, 0.2) is 0 Å². The minimum Gasteiger partial charge on any atom is -0.247 e. The highest BCUT2D eigenvalue weighted by atomic mass is 35.5. The fourth-order valence-corrected chi connectivity index (χ4v) is 1.44. The quantitative estimate of drug-likeness (QED) is 0.608. The molecular weight excluding hydrogens is 163 g/mol. The van der Waals surface area contributed by atoms with Gasteiger partial charge in [0.2, 0.25) is 0 Å². The van der Waals surface area contributed by atoms with Crippen LogP contribution in [0.4, 0.5) is 4.39 Å². The zero-order valence-electron chi connectivity index (χ0n) is 5.93. The number of rotatable bonds is 1. The Hall–Kier alpha value is -0.560. The first kappa shape index (κ1) is 7.11. The van der Waals surface area contributed by atoms with Crippen molar-refractivity contribution in [2.45, 2.75) is 18.5 Å². The summed E-state index contributed by atoms with van der Waals surface area (Å²) in [7, 11) is 0. The van der Waals surface area contributed by atoms with Crippen LogP contribution in [0.5, 0.6) is 0 Å². The molecule has 2 atom stereocenters. The van der Waals surface area contributed by atoms with Crippen molar-refractivity contribution in [3.05, 3.63) is 34.9 Å². The Bertz CT molecular complexity index is 272. The van der Waals surface area contributed by atoms with Crippen LogP contribution in [0.2, 0.25) is 5.02 Å². The maximum absolute atomic E-state index is 12.5. The minimum absolute atomic E-state index is 0.119. The standard InChI is InChI=1S/C9H8ClF/c10-7-3-1-2-6(4-7)8-5-9(8)11/h1-4,8-9H,5H2/t8-,9+/m0/s1. The molecule has 0 unspecified atom stereocenters. The highest BCUT2D eigenvalue weighted by molar-refractivity contribution is 6.30. The Morgan fingerprint density at radius 3 is 2.73 bits per heavy atom. The molecule has 0 N–H and O–H groups in total. The number of benzene rings is 1. The first-order valence-corrected chi connectivity index (χ1v) is 4.05. The Morgan fingerprint density at radius 1 is 1.45 bits per heavy atom. The molecule has 0 heterocycles. The molecule has 2 rings (SSSR count). The summed E-state index contributed by atoms with van der Waals surface area (Å²) in [6.45, 7) is 0. The summed E-state index contributed by atoms with van der Waals surface area (Å²) in [6, 6.07) is 7.44. The molecule has 0 aromatic heterocycles. The molecule has 1 fully saturated rings. The molecule has 1 aromatic rings. The lowest BCUT2D eigenvalue weighted by Crippen LogP contribution is -1.80. The van der Waals surface area contributed by atoms with E-state index < -0.39 is 6.17 Å². The summed E-state index contributed by atoms with van der Waals surface area (Å²) >= 11 is 5.74. The van der Waals surface area contributed by atoms with Crippen molar-refractivity contribution in [2.24, 2.45) is 0 Å². The average Bonchev–Trinajstić information content (AvgIpc) is 2.67. The molecule has 2 heteroatoms. The number of halogens is 2. The second-order valence-corrected chi connectivity index (χ2v) is 3.35. The van der Waals surface area contributed by atoms with Gasteiger partial charge >= 0.3 is 0 Å². The molecule has 1 aliphatic carbocycles. The van der Waals surface area contributed by atoms with Crippen molar-refractivity contribution in [1.29, 1.82) is 0 Å². The fraction of sp³-hybridized carbons (Fsp3) is 0.333. The van der Waals surface area contributed by atoms with Crippen LogP contribution >= 0.6 is 11.6 Å². The third-order valence-corrected chi connectivity index (χ3v) is 2.22. The highest BCUT2D eigenvalue weighted by Gasteiger charge is 2.38. The molecule has 1 saturated carbocycles. The maximum atomic E-state index is 12.5. The van der Waals surface area contributed by atoms with Crippen LogP contribution in [0.15, 0.2) is 24.3 Å². The lowest BCUT2D eigenvalue weighted by atomic mass is 10.1. The van der Waals surface area contributed by atoms with E-state index in [-0.39, 0.29) is 5.92 Å². The minimum atomic E-state index is -0.631. The van der Waals surface area contributed by atoms with E-state index in [2.05, 4.69) is 0 Å². The number of hydrogen-bond acceptors (Lipinski definition) is 0. The smallest absolute Gasteiger partial charge is 0.108 e. The van der Waals surface area contributed by atoms with Crippen molar-refractivity contribution in [1.82, 2.24) is 0 Å². The van der Waals surface area contributed by atoms with Crippen molar-refractivity contribution in [2.75, 3.05) is 0 Å². The normalized spacial score (nSPS) is 28.5. The van der Waals surface area contributed by atoms with Gasteiger partial charge in [-0.2, -0.15) is 0 Å². The molecule has 0 spiro atoms. The van der Waals surface area contributed by atoms with Crippen molar-refractivity contribution >= 4 is 11.6 Å². The highest BCUT2D eigenvalue weighted by Crippen LogP contribution is 2.43.